The number of nitrogens with zero attached hydrogens (tertiary/aromatic N) is 2. The molecular formula is C11H12N4O2. The summed E-state index contributed by atoms with van der Waals surface area (Å²) in [6, 6.07) is 3.36. The van der Waals surface area contributed by atoms with E-state index in [1.807, 2.05) is 0 Å². The molecular weight excluding hydrogens is 220 g/mol. The van der Waals surface area contributed by atoms with Crippen molar-refractivity contribution in [3.63, 3.8) is 0 Å². The summed E-state index contributed by atoms with van der Waals surface area (Å²) in [7, 11) is 1.48. The maximum atomic E-state index is 9.69. The normalized spacial score (nSPS) is 13.5. The molecule has 17 heavy (non-hydrogen) atoms. The Labute approximate surface area is 97.0 Å². The zero-order valence-electron chi connectivity index (χ0n) is 9.32. The quantitative estimate of drug-likeness (QED) is 0.674. The molecule has 1 aromatic carbocycles. The number of methoxy groups -OCH3 is 1. The molecule has 6 heteroatoms. The van der Waals surface area contributed by atoms with Gasteiger partial charge in [-0.15, -0.1) is 0 Å². The van der Waals surface area contributed by atoms with Crippen LogP contribution in [0.15, 0.2) is 12.1 Å². The number of ether oxygens (including phenoxy) is 1. The average molecular weight is 232 g/mol. The second-order valence-electron chi connectivity index (χ2n) is 3.88. The van der Waals surface area contributed by atoms with Gasteiger partial charge in [0.15, 0.2) is 11.5 Å². The number of nitrogens with one attached hydrogen (secondary N) is 2. The topological polar surface area (TPSA) is 83.2 Å². The molecule has 0 atom stereocenters. The molecule has 0 unspecified atom stereocenters. The molecule has 0 amide bonds. The van der Waals surface area contributed by atoms with Crippen molar-refractivity contribution in [2.75, 3.05) is 19.0 Å². The van der Waals surface area contributed by atoms with Gasteiger partial charge in [0.1, 0.15) is 11.3 Å². The summed E-state index contributed by atoms with van der Waals surface area (Å²) in [6.07, 6.45) is 0. The van der Waals surface area contributed by atoms with E-state index < -0.39 is 0 Å². The predicted molar refractivity (Wildman–Crippen MR) is 62.3 cm³/mol. The van der Waals surface area contributed by atoms with E-state index in [-0.39, 0.29) is 11.4 Å². The highest BCUT2D eigenvalue weighted by Crippen LogP contribution is 2.35. The summed E-state index contributed by atoms with van der Waals surface area (Å²) >= 11 is 0. The van der Waals surface area contributed by atoms with Gasteiger partial charge >= 0.3 is 0 Å². The van der Waals surface area contributed by atoms with Gasteiger partial charge in [0.2, 0.25) is 5.62 Å². The molecule has 1 aliphatic rings. The van der Waals surface area contributed by atoms with Crippen molar-refractivity contribution >= 4 is 16.7 Å². The van der Waals surface area contributed by atoms with Gasteiger partial charge in [-0.3, -0.25) is 9.98 Å². The number of aromatic nitrogens is 2. The minimum absolute atomic E-state index is 0.0369. The molecule has 0 saturated heterocycles. The average Bonchev–Trinajstić information content (AvgIpc) is 2.79. The van der Waals surface area contributed by atoms with Crippen molar-refractivity contribution in [2.24, 2.45) is 0 Å². The van der Waals surface area contributed by atoms with Gasteiger partial charge in [0.05, 0.1) is 7.11 Å². The fraction of sp³-hybridized carbons (Fsp3) is 0.273. The summed E-state index contributed by atoms with van der Waals surface area (Å²) in [4.78, 5) is 4.18. The summed E-state index contributed by atoms with van der Waals surface area (Å²) in [5.74, 6) is 1.21. The summed E-state index contributed by atoms with van der Waals surface area (Å²) in [6.45, 7) is 1.52. The van der Waals surface area contributed by atoms with Crippen LogP contribution in [-0.2, 0) is 6.54 Å². The minimum Gasteiger partial charge on any atom is -0.504 e. The zero-order valence-corrected chi connectivity index (χ0v) is 9.32. The van der Waals surface area contributed by atoms with E-state index in [0.717, 1.165) is 24.3 Å². The van der Waals surface area contributed by atoms with Gasteiger partial charge in [-0.1, -0.05) is 0 Å². The molecule has 0 bridgehead atoms. The van der Waals surface area contributed by atoms with E-state index in [1.165, 1.54) is 7.11 Å². The number of fused-ring (bicyclic) bond motifs is 3. The van der Waals surface area contributed by atoms with Gasteiger partial charge in [0.25, 0.3) is 0 Å². The Morgan fingerprint density at radius 3 is 3.12 bits per heavy atom. The van der Waals surface area contributed by atoms with Crippen molar-refractivity contribution in [3.05, 3.63) is 17.8 Å². The second-order valence-corrected chi connectivity index (χ2v) is 3.88. The molecule has 0 saturated carbocycles. The Balaban J connectivity index is 2.48. The minimum atomic E-state index is 0.0369. The number of phenols is 1. The maximum absolute atomic E-state index is 9.69. The molecule has 6 nitrogen and oxygen atoms in total. The number of phenolic OH excluding ortho intramolecular Hbond substituents is 1. The van der Waals surface area contributed by atoms with E-state index in [9.17, 15) is 5.11 Å². The Hall–Kier alpha value is -2.24. The lowest BCUT2D eigenvalue weighted by atomic mass is 10.2. The van der Waals surface area contributed by atoms with E-state index in [2.05, 4.69) is 10.3 Å². The number of hydrogen-bond donors (Lipinski definition) is 3. The molecule has 1 aliphatic heterocycles. The van der Waals surface area contributed by atoms with Crippen LogP contribution >= 0.6 is 0 Å². The maximum Gasteiger partial charge on any atom is 0.224 e. The molecule has 3 rings (SSSR count). The Morgan fingerprint density at radius 2 is 2.35 bits per heavy atom. The Morgan fingerprint density at radius 1 is 1.53 bits per heavy atom. The lowest BCUT2D eigenvalue weighted by molar-refractivity contribution is 0.377. The first-order valence-corrected chi connectivity index (χ1v) is 5.31. The standard InChI is InChI=1S/C11H12N4O2/c1-17-9-7(16)3-2-6-8(9)14-11(12)15-5-4-13-10(6)15/h2-3,12-13,16H,4-5H2,1H3. The lowest BCUT2D eigenvalue weighted by Gasteiger charge is -2.11. The van der Waals surface area contributed by atoms with Crippen molar-refractivity contribution in [2.45, 2.75) is 6.54 Å². The largest absolute Gasteiger partial charge is 0.504 e. The fourth-order valence-corrected chi connectivity index (χ4v) is 2.18. The molecule has 88 valence electrons. The molecule has 0 radical (unpaired) electrons. The van der Waals surface area contributed by atoms with Crippen LogP contribution in [0.4, 0.5) is 5.82 Å². The lowest BCUT2D eigenvalue weighted by Crippen LogP contribution is -2.21. The molecule has 0 fully saturated rings. The summed E-state index contributed by atoms with van der Waals surface area (Å²) < 4.78 is 6.94. The van der Waals surface area contributed by atoms with Crippen LogP contribution in [0.25, 0.3) is 10.9 Å². The van der Waals surface area contributed by atoms with E-state index >= 15 is 0 Å². The van der Waals surface area contributed by atoms with Crippen LogP contribution in [-0.4, -0.2) is 28.3 Å². The Kier molecular flexibility index (Phi) is 1.98. The Bertz CT molecular complexity index is 663. The first-order valence-electron chi connectivity index (χ1n) is 5.31. The van der Waals surface area contributed by atoms with Crippen molar-refractivity contribution in [1.82, 2.24) is 9.55 Å². The first-order chi connectivity index (χ1) is 8.22. The highest BCUT2D eigenvalue weighted by molar-refractivity contribution is 5.95. The third-order valence-corrected chi connectivity index (χ3v) is 2.94. The van der Waals surface area contributed by atoms with Crippen molar-refractivity contribution < 1.29 is 9.84 Å². The summed E-state index contributed by atoms with van der Waals surface area (Å²) in [5.41, 5.74) is 0.680. The number of anilines is 1. The van der Waals surface area contributed by atoms with Gasteiger partial charge in [-0.2, -0.15) is 0 Å². The molecule has 3 N–H and O–H groups in total. The van der Waals surface area contributed by atoms with E-state index in [1.54, 1.807) is 16.7 Å². The van der Waals surface area contributed by atoms with Crippen molar-refractivity contribution in [3.8, 4) is 11.5 Å². The van der Waals surface area contributed by atoms with E-state index in [0.29, 0.717) is 11.3 Å². The number of hydrogen-bond acceptors (Lipinski definition) is 5. The molecule has 0 spiro atoms. The van der Waals surface area contributed by atoms with Gasteiger partial charge in [-0.05, 0) is 12.1 Å². The molecule has 2 heterocycles. The van der Waals surface area contributed by atoms with Crippen LogP contribution in [0.5, 0.6) is 11.5 Å². The van der Waals surface area contributed by atoms with Crippen LogP contribution in [0.1, 0.15) is 0 Å². The van der Waals surface area contributed by atoms with Crippen LogP contribution in [0.2, 0.25) is 0 Å². The number of rotatable bonds is 1. The first kappa shape index (κ1) is 9.95. The monoisotopic (exact) mass is 232 g/mol. The van der Waals surface area contributed by atoms with Crippen LogP contribution < -0.4 is 15.7 Å². The number of benzene rings is 1. The molecule has 2 aromatic rings. The van der Waals surface area contributed by atoms with Crippen LogP contribution in [0, 0.1) is 5.41 Å². The highest BCUT2D eigenvalue weighted by Gasteiger charge is 2.18. The highest BCUT2D eigenvalue weighted by atomic mass is 16.5. The predicted octanol–water partition coefficient (Wildman–Crippen LogP) is 0.655. The van der Waals surface area contributed by atoms with Gasteiger partial charge in [-0.25, -0.2) is 4.98 Å². The van der Waals surface area contributed by atoms with Crippen molar-refractivity contribution in [1.29, 1.82) is 5.41 Å². The SMILES string of the molecule is COc1c(O)ccc2c3n(c(=N)nc12)CCN3. The molecule has 1 aromatic heterocycles. The number of aromatic hydroxyl groups is 1. The fourth-order valence-electron chi connectivity index (χ4n) is 2.18. The smallest absolute Gasteiger partial charge is 0.224 e. The van der Waals surface area contributed by atoms with Crippen LogP contribution in [0.3, 0.4) is 0 Å². The second kappa shape index (κ2) is 3.38. The van der Waals surface area contributed by atoms with Gasteiger partial charge < -0.3 is 15.2 Å². The van der Waals surface area contributed by atoms with E-state index in [4.69, 9.17) is 10.1 Å². The molecule has 0 aliphatic carbocycles. The summed E-state index contributed by atoms with van der Waals surface area (Å²) in [5, 5.41) is 21.6. The zero-order chi connectivity index (χ0) is 12.0. The third-order valence-electron chi connectivity index (χ3n) is 2.94. The van der Waals surface area contributed by atoms with Gasteiger partial charge in [0, 0.05) is 18.5 Å². The third kappa shape index (κ3) is 1.27.